The maximum atomic E-state index is 12.8. The number of Topliss-reactive ketones (excluding diaryl/α,β-unsaturated/α-hetero) is 1. The Hall–Kier alpha value is -1.48. The molecule has 0 heterocycles. The Morgan fingerprint density at radius 1 is 1.00 bits per heavy atom. The molecule has 0 bridgehead atoms. The van der Waals surface area contributed by atoms with Crippen molar-refractivity contribution in [2.24, 2.45) is 0 Å². The highest BCUT2D eigenvalue weighted by Crippen LogP contribution is 2.27. The van der Waals surface area contributed by atoms with Crippen LogP contribution in [0.15, 0.2) is 54.6 Å². The van der Waals surface area contributed by atoms with E-state index < -0.39 is 4.83 Å². The van der Waals surface area contributed by atoms with E-state index in [-0.39, 0.29) is 11.6 Å². The molecular formula is C14H10BrFO. The van der Waals surface area contributed by atoms with Crippen molar-refractivity contribution in [2.75, 3.05) is 0 Å². The standard InChI is InChI=1S/C14H10BrFO/c15-13(10-6-8-12(16)9-7-10)14(17)11-4-2-1-3-5-11/h1-9,13H. The molecule has 17 heavy (non-hydrogen) atoms. The van der Waals surface area contributed by atoms with E-state index in [9.17, 15) is 9.18 Å². The van der Waals surface area contributed by atoms with Crippen LogP contribution in [0.3, 0.4) is 0 Å². The second kappa shape index (κ2) is 5.23. The van der Waals surface area contributed by atoms with Crippen molar-refractivity contribution in [3.05, 3.63) is 71.5 Å². The van der Waals surface area contributed by atoms with Crippen LogP contribution in [-0.2, 0) is 0 Å². The molecule has 2 aromatic carbocycles. The molecule has 86 valence electrons. The number of hydrogen-bond acceptors (Lipinski definition) is 1. The van der Waals surface area contributed by atoms with Crippen LogP contribution in [0.4, 0.5) is 4.39 Å². The van der Waals surface area contributed by atoms with Gasteiger partial charge in [-0.1, -0.05) is 58.4 Å². The molecule has 1 unspecified atom stereocenters. The van der Waals surface area contributed by atoms with Gasteiger partial charge in [0.25, 0.3) is 0 Å². The molecule has 0 spiro atoms. The van der Waals surface area contributed by atoms with Gasteiger partial charge in [-0.2, -0.15) is 0 Å². The summed E-state index contributed by atoms with van der Waals surface area (Å²) in [7, 11) is 0. The van der Waals surface area contributed by atoms with Crippen molar-refractivity contribution in [3.63, 3.8) is 0 Å². The first-order chi connectivity index (χ1) is 8.18. The van der Waals surface area contributed by atoms with Crippen molar-refractivity contribution < 1.29 is 9.18 Å². The second-order valence-electron chi connectivity index (χ2n) is 3.64. The highest BCUT2D eigenvalue weighted by molar-refractivity contribution is 9.09. The fourth-order valence-corrected chi connectivity index (χ4v) is 2.10. The fourth-order valence-electron chi connectivity index (χ4n) is 1.53. The van der Waals surface area contributed by atoms with Gasteiger partial charge in [-0.15, -0.1) is 0 Å². The third-order valence-electron chi connectivity index (χ3n) is 2.45. The number of carbonyl (C=O) groups is 1. The molecule has 2 rings (SSSR count). The van der Waals surface area contributed by atoms with Crippen LogP contribution in [0.25, 0.3) is 0 Å². The van der Waals surface area contributed by atoms with Gasteiger partial charge in [0.1, 0.15) is 10.6 Å². The molecule has 0 radical (unpaired) electrons. The van der Waals surface area contributed by atoms with E-state index in [1.165, 1.54) is 12.1 Å². The van der Waals surface area contributed by atoms with Crippen LogP contribution in [0.5, 0.6) is 0 Å². The summed E-state index contributed by atoms with van der Waals surface area (Å²) in [4.78, 5) is 11.7. The zero-order valence-electron chi connectivity index (χ0n) is 8.94. The average molecular weight is 293 g/mol. The van der Waals surface area contributed by atoms with E-state index in [0.29, 0.717) is 5.56 Å². The second-order valence-corrected chi connectivity index (χ2v) is 4.56. The van der Waals surface area contributed by atoms with Crippen molar-refractivity contribution >= 4 is 21.7 Å². The van der Waals surface area contributed by atoms with Crippen molar-refractivity contribution in [3.8, 4) is 0 Å². The van der Waals surface area contributed by atoms with E-state index in [1.807, 2.05) is 18.2 Å². The maximum Gasteiger partial charge on any atom is 0.180 e. The van der Waals surface area contributed by atoms with E-state index in [0.717, 1.165) is 5.56 Å². The lowest BCUT2D eigenvalue weighted by Crippen LogP contribution is -2.06. The van der Waals surface area contributed by atoms with Crippen LogP contribution in [0, 0.1) is 5.82 Å². The highest BCUT2D eigenvalue weighted by Gasteiger charge is 2.18. The van der Waals surface area contributed by atoms with Crippen molar-refractivity contribution in [2.45, 2.75) is 4.83 Å². The molecule has 0 fully saturated rings. The Kier molecular flexibility index (Phi) is 3.69. The van der Waals surface area contributed by atoms with Gasteiger partial charge in [0.2, 0.25) is 0 Å². The number of rotatable bonds is 3. The number of hydrogen-bond donors (Lipinski definition) is 0. The molecule has 2 aromatic rings. The summed E-state index contributed by atoms with van der Waals surface area (Å²) in [6, 6.07) is 14.9. The van der Waals surface area contributed by atoms with Crippen LogP contribution < -0.4 is 0 Å². The van der Waals surface area contributed by atoms with Crippen LogP contribution in [-0.4, -0.2) is 5.78 Å². The minimum atomic E-state index is -0.439. The van der Waals surface area contributed by atoms with Gasteiger partial charge in [-0.3, -0.25) is 4.79 Å². The smallest absolute Gasteiger partial charge is 0.180 e. The highest BCUT2D eigenvalue weighted by atomic mass is 79.9. The molecule has 1 nitrogen and oxygen atoms in total. The minimum absolute atomic E-state index is 0.0304. The van der Waals surface area contributed by atoms with E-state index in [4.69, 9.17) is 0 Å². The first-order valence-electron chi connectivity index (χ1n) is 5.17. The largest absolute Gasteiger partial charge is 0.293 e. The van der Waals surface area contributed by atoms with Gasteiger partial charge in [-0.25, -0.2) is 4.39 Å². The molecule has 0 aliphatic heterocycles. The lowest BCUT2D eigenvalue weighted by atomic mass is 10.0. The molecule has 0 aromatic heterocycles. The summed E-state index contributed by atoms with van der Waals surface area (Å²) < 4.78 is 12.8. The summed E-state index contributed by atoms with van der Waals surface area (Å²) in [6.45, 7) is 0. The molecule has 0 saturated heterocycles. The van der Waals surface area contributed by atoms with Crippen LogP contribution >= 0.6 is 15.9 Å². The van der Waals surface area contributed by atoms with E-state index in [1.54, 1.807) is 24.3 Å². The van der Waals surface area contributed by atoms with Gasteiger partial charge < -0.3 is 0 Å². The van der Waals surface area contributed by atoms with Crippen molar-refractivity contribution in [1.82, 2.24) is 0 Å². The van der Waals surface area contributed by atoms with Gasteiger partial charge >= 0.3 is 0 Å². The van der Waals surface area contributed by atoms with Gasteiger partial charge in [0.05, 0.1) is 0 Å². The summed E-state index contributed by atoms with van der Waals surface area (Å²) in [5, 5.41) is 0. The first-order valence-corrected chi connectivity index (χ1v) is 6.09. The monoisotopic (exact) mass is 292 g/mol. The first kappa shape index (κ1) is 12.0. The molecule has 3 heteroatoms. The molecule has 1 atom stereocenters. The lowest BCUT2D eigenvalue weighted by Gasteiger charge is -2.09. The summed E-state index contributed by atoms with van der Waals surface area (Å²) in [5.41, 5.74) is 1.39. The number of benzene rings is 2. The minimum Gasteiger partial charge on any atom is -0.293 e. The van der Waals surface area contributed by atoms with Gasteiger partial charge in [0, 0.05) is 5.56 Å². The zero-order valence-corrected chi connectivity index (χ0v) is 10.5. The average Bonchev–Trinajstić information content (AvgIpc) is 2.39. The van der Waals surface area contributed by atoms with Crippen LogP contribution in [0.1, 0.15) is 20.7 Å². The quantitative estimate of drug-likeness (QED) is 0.614. The molecule has 0 aliphatic rings. The fraction of sp³-hybridized carbons (Fsp3) is 0.0714. The van der Waals surface area contributed by atoms with E-state index in [2.05, 4.69) is 15.9 Å². The van der Waals surface area contributed by atoms with Crippen molar-refractivity contribution in [1.29, 1.82) is 0 Å². The molecule has 0 N–H and O–H groups in total. The number of carbonyl (C=O) groups excluding carboxylic acids is 1. The Bertz CT molecular complexity index is 508. The third-order valence-corrected chi connectivity index (χ3v) is 3.40. The SMILES string of the molecule is O=C(c1ccccc1)C(Br)c1ccc(F)cc1. The maximum absolute atomic E-state index is 12.8. The number of alkyl halides is 1. The normalized spacial score (nSPS) is 12.1. The predicted octanol–water partition coefficient (Wildman–Crippen LogP) is 4.14. The summed E-state index contributed by atoms with van der Waals surface area (Å²) in [6.07, 6.45) is 0. The zero-order chi connectivity index (χ0) is 12.3. The Morgan fingerprint density at radius 2 is 1.59 bits per heavy atom. The van der Waals surface area contributed by atoms with Gasteiger partial charge in [0.15, 0.2) is 5.78 Å². The molecule has 0 saturated carbocycles. The topological polar surface area (TPSA) is 17.1 Å². The van der Waals surface area contributed by atoms with Gasteiger partial charge in [-0.05, 0) is 17.7 Å². The predicted molar refractivity (Wildman–Crippen MR) is 68.8 cm³/mol. The lowest BCUT2D eigenvalue weighted by molar-refractivity contribution is 0.0991. The summed E-state index contributed by atoms with van der Waals surface area (Å²) in [5.74, 6) is -0.335. The summed E-state index contributed by atoms with van der Waals surface area (Å²) >= 11 is 3.34. The third kappa shape index (κ3) is 2.80. The molecule has 0 aliphatic carbocycles. The Morgan fingerprint density at radius 3 is 2.18 bits per heavy atom. The number of ketones is 1. The van der Waals surface area contributed by atoms with Crippen LogP contribution in [0.2, 0.25) is 0 Å². The molecular weight excluding hydrogens is 283 g/mol. The number of halogens is 2. The Balaban J connectivity index is 2.23. The Labute approximate surface area is 107 Å². The van der Waals surface area contributed by atoms with E-state index >= 15 is 0 Å². The molecule has 0 amide bonds.